The lowest BCUT2D eigenvalue weighted by atomic mass is 9.98. The van der Waals surface area contributed by atoms with E-state index >= 15 is 0 Å². The van der Waals surface area contributed by atoms with Gasteiger partial charge in [0.25, 0.3) is 0 Å². The summed E-state index contributed by atoms with van der Waals surface area (Å²) in [5.41, 5.74) is 3.69. The standard InChI is InChI=1S/C18H17N3O2S2/c1-23-15-9-7-14(8-10-15)17(13-5-3-2-4-6-13)20-16(22)11-24-18-21-19-12-25-18/h2-10,12,17H,11H2,1H3,(H,20,22)/t17-/m0/s1. The molecule has 7 heteroatoms. The van der Waals surface area contributed by atoms with Crippen molar-refractivity contribution in [2.75, 3.05) is 12.9 Å². The number of ether oxygens (including phenoxy) is 1. The average Bonchev–Trinajstić information content (AvgIpc) is 3.19. The number of hydrogen-bond acceptors (Lipinski definition) is 6. The molecule has 0 fully saturated rings. The third kappa shape index (κ3) is 4.80. The average molecular weight is 371 g/mol. The van der Waals surface area contributed by atoms with E-state index in [9.17, 15) is 4.79 Å². The van der Waals surface area contributed by atoms with Crippen molar-refractivity contribution in [2.45, 2.75) is 10.4 Å². The maximum Gasteiger partial charge on any atom is 0.231 e. The fraction of sp³-hybridized carbons (Fsp3) is 0.167. The zero-order valence-corrected chi connectivity index (χ0v) is 15.2. The van der Waals surface area contributed by atoms with E-state index in [1.54, 1.807) is 12.6 Å². The van der Waals surface area contributed by atoms with Gasteiger partial charge in [0, 0.05) is 0 Å². The molecule has 1 atom stereocenters. The third-order valence-corrected chi connectivity index (χ3v) is 5.41. The summed E-state index contributed by atoms with van der Waals surface area (Å²) in [4.78, 5) is 12.4. The molecule has 128 valence electrons. The second-order valence-electron chi connectivity index (χ2n) is 5.18. The lowest BCUT2D eigenvalue weighted by Crippen LogP contribution is -2.30. The van der Waals surface area contributed by atoms with Crippen LogP contribution in [0.3, 0.4) is 0 Å². The van der Waals surface area contributed by atoms with E-state index < -0.39 is 0 Å². The highest BCUT2D eigenvalue weighted by Crippen LogP contribution is 2.25. The monoisotopic (exact) mass is 371 g/mol. The highest BCUT2D eigenvalue weighted by atomic mass is 32.2. The summed E-state index contributed by atoms with van der Waals surface area (Å²) in [6.07, 6.45) is 0. The van der Waals surface area contributed by atoms with Crippen molar-refractivity contribution in [3.05, 3.63) is 71.2 Å². The van der Waals surface area contributed by atoms with Gasteiger partial charge >= 0.3 is 0 Å². The molecule has 1 heterocycles. The van der Waals surface area contributed by atoms with Crippen LogP contribution in [0.5, 0.6) is 5.75 Å². The second kappa shape index (κ2) is 8.64. The maximum absolute atomic E-state index is 12.4. The molecule has 5 nitrogen and oxygen atoms in total. The van der Waals surface area contributed by atoms with Crippen LogP contribution in [0, 0.1) is 0 Å². The van der Waals surface area contributed by atoms with Gasteiger partial charge in [0.05, 0.1) is 18.9 Å². The maximum atomic E-state index is 12.4. The van der Waals surface area contributed by atoms with Gasteiger partial charge in [0.1, 0.15) is 11.3 Å². The fourth-order valence-corrected chi connectivity index (χ4v) is 3.66. The number of benzene rings is 2. The van der Waals surface area contributed by atoms with Crippen LogP contribution in [0.1, 0.15) is 17.2 Å². The molecule has 25 heavy (non-hydrogen) atoms. The molecule has 0 aliphatic rings. The smallest absolute Gasteiger partial charge is 0.231 e. The number of hydrogen-bond donors (Lipinski definition) is 1. The molecule has 3 rings (SSSR count). The molecule has 0 unspecified atom stereocenters. The van der Waals surface area contributed by atoms with Gasteiger partial charge in [-0.15, -0.1) is 10.2 Å². The number of nitrogens with one attached hydrogen (secondary N) is 1. The molecule has 1 amide bonds. The molecule has 0 saturated heterocycles. The van der Waals surface area contributed by atoms with E-state index in [4.69, 9.17) is 4.74 Å². The SMILES string of the molecule is COc1ccc([C@@H](NC(=O)CSc2nncs2)c2ccccc2)cc1. The first-order valence-corrected chi connectivity index (χ1v) is 9.50. The number of thioether (sulfide) groups is 1. The third-order valence-electron chi connectivity index (χ3n) is 3.55. The molecular formula is C18H17N3O2S2. The van der Waals surface area contributed by atoms with E-state index in [1.807, 2.05) is 54.6 Å². The molecule has 2 aromatic carbocycles. The predicted molar refractivity (Wildman–Crippen MR) is 100 cm³/mol. The lowest BCUT2D eigenvalue weighted by Gasteiger charge is -2.20. The Morgan fingerprint density at radius 3 is 2.52 bits per heavy atom. The van der Waals surface area contributed by atoms with Crippen molar-refractivity contribution in [3.63, 3.8) is 0 Å². The molecule has 1 N–H and O–H groups in total. The normalized spacial score (nSPS) is 11.7. The number of carbonyl (C=O) groups is 1. The van der Waals surface area contributed by atoms with E-state index in [0.717, 1.165) is 21.2 Å². The number of nitrogens with zero attached hydrogens (tertiary/aromatic N) is 2. The van der Waals surface area contributed by atoms with E-state index in [0.29, 0.717) is 5.75 Å². The van der Waals surface area contributed by atoms with Gasteiger partial charge in [-0.1, -0.05) is 65.6 Å². The molecule has 0 radical (unpaired) electrons. The van der Waals surface area contributed by atoms with Crippen LogP contribution in [0.4, 0.5) is 0 Å². The van der Waals surface area contributed by atoms with Crippen LogP contribution in [0.15, 0.2) is 64.4 Å². The molecule has 3 aromatic rings. The topological polar surface area (TPSA) is 64.1 Å². The zero-order chi connectivity index (χ0) is 17.5. The van der Waals surface area contributed by atoms with Crippen molar-refractivity contribution in [2.24, 2.45) is 0 Å². The number of aromatic nitrogens is 2. The molecule has 0 bridgehead atoms. The number of rotatable bonds is 7. The van der Waals surface area contributed by atoms with E-state index in [2.05, 4.69) is 15.5 Å². The van der Waals surface area contributed by atoms with Gasteiger partial charge in [0.2, 0.25) is 5.91 Å². The molecule has 0 aliphatic carbocycles. The Morgan fingerprint density at radius 1 is 1.16 bits per heavy atom. The molecule has 0 spiro atoms. The van der Waals surface area contributed by atoms with E-state index in [1.165, 1.54) is 23.1 Å². The summed E-state index contributed by atoms with van der Waals surface area (Å²) in [6.45, 7) is 0. The number of methoxy groups -OCH3 is 1. The highest BCUT2D eigenvalue weighted by molar-refractivity contribution is 8.01. The van der Waals surface area contributed by atoms with Gasteiger partial charge in [0.15, 0.2) is 4.34 Å². The van der Waals surface area contributed by atoms with Gasteiger partial charge in [-0.25, -0.2) is 0 Å². The largest absolute Gasteiger partial charge is 0.497 e. The van der Waals surface area contributed by atoms with Crippen LogP contribution >= 0.6 is 23.1 Å². The van der Waals surface area contributed by atoms with Crippen LogP contribution < -0.4 is 10.1 Å². The summed E-state index contributed by atoms with van der Waals surface area (Å²) in [6, 6.07) is 17.4. The highest BCUT2D eigenvalue weighted by Gasteiger charge is 2.17. The Morgan fingerprint density at radius 2 is 1.88 bits per heavy atom. The summed E-state index contributed by atoms with van der Waals surface area (Å²) in [7, 11) is 1.64. The minimum absolute atomic E-state index is 0.0510. The minimum atomic E-state index is -0.213. The minimum Gasteiger partial charge on any atom is -0.497 e. The van der Waals surface area contributed by atoms with Crippen LogP contribution in [0.25, 0.3) is 0 Å². The van der Waals surface area contributed by atoms with Crippen molar-refractivity contribution in [1.29, 1.82) is 0 Å². The Balaban J connectivity index is 1.75. The summed E-state index contributed by atoms with van der Waals surface area (Å²) in [5, 5.41) is 10.8. The molecule has 0 aliphatic heterocycles. The van der Waals surface area contributed by atoms with Gasteiger partial charge in [-0.2, -0.15) is 0 Å². The Kier molecular flexibility index (Phi) is 6.03. The van der Waals surface area contributed by atoms with Gasteiger partial charge in [-0.05, 0) is 23.3 Å². The van der Waals surface area contributed by atoms with E-state index in [-0.39, 0.29) is 11.9 Å². The van der Waals surface area contributed by atoms with Gasteiger partial charge in [-0.3, -0.25) is 4.79 Å². The number of amides is 1. The Labute approximate surface area is 154 Å². The zero-order valence-electron chi connectivity index (χ0n) is 13.6. The van der Waals surface area contributed by atoms with Crippen LogP contribution in [-0.4, -0.2) is 29.0 Å². The first kappa shape index (κ1) is 17.4. The lowest BCUT2D eigenvalue weighted by molar-refractivity contribution is -0.119. The van der Waals surface area contributed by atoms with Crippen molar-refractivity contribution in [1.82, 2.24) is 15.5 Å². The van der Waals surface area contributed by atoms with Crippen molar-refractivity contribution in [3.8, 4) is 5.75 Å². The molecule has 0 saturated carbocycles. The first-order valence-electron chi connectivity index (χ1n) is 7.63. The first-order chi connectivity index (χ1) is 12.3. The van der Waals surface area contributed by atoms with Crippen LogP contribution in [0.2, 0.25) is 0 Å². The Hall–Kier alpha value is -2.38. The summed E-state index contributed by atoms with van der Waals surface area (Å²) >= 11 is 2.81. The quantitative estimate of drug-likeness (QED) is 0.644. The van der Waals surface area contributed by atoms with Crippen LogP contribution in [-0.2, 0) is 4.79 Å². The number of carbonyl (C=O) groups excluding carboxylic acids is 1. The van der Waals surface area contributed by atoms with Crippen molar-refractivity contribution >= 4 is 29.0 Å². The molecular weight excluding hydrogens is 354 g/mol. The fourth-order valence-electron chi connectivity index (χ4n) is 2.36. The molecule has 1 aromatic heterocycles. The van der Waals surface area contributed by atoms with Gasteiger partial charge < -0.3 is 10.1 Å². The predicted octanol–water partition coefficient (Wildman–Crippen LogP) is 3.54. The summed E-state index contributed by atoms with van der Waals surface area (Å²) < 4.78 is 6.00. The second-order valence-corrected chi connectivity index (χ2v) is 7.23. The van der Waals surface area contributed by atoms with Crippen molar-refractivity contribution < 1.29 is 9.53 Å². The summed E-state index contributed by atoms with van der Waals surface area (Å²) in [5.74, 6) is 1.04. The Bertz CT molecular complexity index is 793.